The van der Waals surface area contributed by atoms with E-state index >= 15 is 0 Å². The minimum absolute atomic E-state index is 0. The molecule has 0 bridgehead atoms. The molecular formula is C15H23BrCl2N2O. The van der Waals surface area contributed by atoms with Gasteiger partial charge in [0, 0.05) is 42.3 Å². The molecule has 3 nitrogen and oxygen atoms in total. The quantitative estimate of drug-likeness (QED) is 0.757. The van der Waals surface area contributed by atoms with Crippen molar-refractivity contribution in [3.05, 3.63) is 40.4 Å². The molecule has 0 spiro atoms. The van der Waals surface area contributed by atoms with E-state index in [2.05, 4.69) is 32.7 Å². The van der Waals surface area contributed by atoms with Gasteiger partial charge in [-0.25, -0.2) is 0 Å². The summed E-state index contributed by atoms with van der Waals surface area (Å²) in [5, 5.41) is 13.7. The Kier molecular flexibility index (Phi) is 9.58. The SMILES string of the molecule is C=CC[C@@H](c1cc(Br)cc(C)c1O)N1CCNCC1.Cl.Cl. The van der Waals surface area contributed by atoms with Crippen LogP contribution in [0.5, 0.6) is 5.75 Å². The van der Waals surface area contributed by atoms with Crippen molar-refractivity contribution in [3.8, 4) is 5.75 Å². The van der Waals surface area contributed by atoms with Crippen molar-refractivity contribution >= 4 is 40.7 Å². The van der Waals surface area contributed by atoms with Gasteiger partial charge in [-0.1, -0.05) is 22.0 Å². The molecule has 120 valence electrons. The summed E-state index contributed by atoms with van der Waals surface area (Å²) in [6.07, 6.45) is 2.78. The Balaban J connectivity index is 0.00000200. The van der Waals surface area contributed by atoms with E-state index in [0.717, 1.165) is 48.2 Å². The molecule has 0 aromatic heterocycles. The number of nitrogens with zero attached hydrogens (tertiary/aromatic N) is 1. The van der Waals surface area contributed by atoms with Gasteiger partial charge < -0.3 is 10.4 Å². The Bertz CT molecular complexity index is 465. The van der Waals surface area contributed by atoms with Gasteiger partial charge in [-0.15, -0.1) is 31.4 Å². The van der Waals surface area contributed by atoms with Gasteiger partial charge in [0.15, 0.2) is 0 Å². The molecule has 1 aliphatic heterocycles. The van der Waals surface area contributed by atoms with Crippen LogP contribution in [0.2, 0.25) is 0 Å². The second kappa shape index (κ2) is 9.70. The Hall–Kier alpha value is -0.260. The number of rotatable bonds is 4. The molecule has 1 fully saturated rings. The minimum Gasteiger partial charge on any atom is -0.507 e. The van der Waals surface area contributed by atoms with Gasteiger partial charge in [0.2, 0.25) is 0 Å². The van der Waals surface area contributed by atoms with Crippen molar-refractivity contribution in [1.82, 2.24) is 10.2 Å². The monoisotopic (exact) mass is 396 g/mol. The van der Waals surface area contributed by atoms with E-state index in [0.29, 0.717) is 5.75 Å². The first-order valence-electron chi connectivity index (χ1n) is 6.68. The highest BCUT2D eigenvalue weighted by atomic mass is 79.9. The predicted molar refractivity (Wildman–Crippen MR) is 97.0 cm³/mol. The van der Waals surface area contributed by atoms with Crippen molar-refractivity contribution < 1.29 is 5.11 Å². The summed E-state index contributed by atoms with van der Waals surface area (Å²) in [7, 11) is 0. The molecule has 6 heteroatoms. The normalized spacial score (nSPS) is 16.5. The van der Waals surface area contributed by atoms with E-state index in [9.17, 15) is 5.11 Å². The standard InChI is InChI=1S/C15H21BrN2O.2ClH/c1-3-4-14(18-7-5-17-6-8-18)13-10-12(16)9-11(2)15(13)19;;/h3,9-10,14,17,19H,1,4-8H2,2H3;2*1H/t14-;;/m0../s1. The molecular weight excluding hydrogens is 375 g/mol. The summed E-state index contributed by atoms with van der Waals surface area (Å²) in [5.74, 6) is 0.411. The Morgan fingerprint density at radius 2 is 2.00 bits per heavy atom. The fourth-order valence-electron chi connectivity index (χ4n) is 2.64. The number of piperazine rings is 1. The zero-order valence-corrected chi connectivity index (χ0v) is 15.4. The van der Waals surface area contributed by atoms with Crippen LogP contribution < -0.4 is 5.32 Å². The number of halogens is 3. The number of aryl methyl sites for hydroxylation is 1. The van der Waals surface area contributed by atoms with Crippen LogP contribution in [0.3, 0.4) is 0 Å². The molecule has 0 unspecified atom stereocenters. The fraction of sp³-hybridized carbons (Fsp3) is 0.467. The van der Waals surface area contributed by atoms with E-state index in [1.165, 1.54) is 0 Å². The number of aromatic hydroxyl groups is 1. The molecule has 0 radical (unpaired) electrons. The molecule has 2 rings (SSSR count). The van der Waals surface area contributed by atoms with Gasteiger partial charge in [-0.3, -0.25) is 4.90 Å². The third-order valence-electron chi connectivity index (χ3n) is 3.64. The molecule has 2 N–H and O–H groups in total. The van der Waals surface area contributed by atoms with Crippen LogP contribution in [0.4, 0.5) is 0 Å². The predicted octanol–water partition coefficient (Wildman–Crippen LogP) is 3.83. The summed E-state index contributed by atoms with van der Waals surface area (Å²) in [4.78, 5) is 2.42. The van der Waals surface area contributed by atoms with Crippen LogP contribution in [0.1, 0.15) is 23.6 Å². The molecule has 1 saturated heterocycles. The van der Waals surface area contributed by atoms with Gasteiger partial charge in [-0.05, 0) is 31.0 Å². The Labute approximate surface area is 147 Å². The number of benzene rings is 1. The first-order valence-corrected chi connectivity index (χ1v) is 7.47. The van der Waals surface area contributed by atoms with Crippen molar-refractivity contribution in [2.45, 2.75) is 19.4 Å². The molecule has 1 aromatic carbocycles. The fourth-order valence-corrected chi connectivity index (χ4v) is 3.23. The average molecular weight is 398 g/mol. The Morgan fingerprint density at radius 3 is 2.57 bits per heavy atom. The molecule has 1 aromatic rings. The lowest BCUT2D eigenvalue weighted by atomic mass is 9.98. The lowest BCUT2D eigenvalue weighted by molar-refractivity contribution is 0.172. The average Bonchev–Trinajstić information content (AvgIpc) is 2.41. The molecule has 1 atom stereocenters. The molecule has 1 aliphatic rings. The number of hydrogen-bond acceptors (Lipinski definition) is 3. The lowest BCUT2D eigenvalue weighted by Crippen LogP contribution is -2.45. The van der Waals surface area contributed by atoms with Crippen LogP contribution >= 0.6 is 40.7 Å². The smallest absolute Gasteiger partial charge is 0.123 e. The zero-order valence-electron chi connectivity index (χ0n) is 12.1. The van der Waals surface area contributed by atoms with E-state index < -0.39 is 0 Å². The van der Waals surface area contributed by atoms with E-state index in [1.807, 2.05) is 25.1 Å². The first-order chi connectivity index (χ1) is 9.13. The molecule has 0 saturated carbocycles. The van der Waals surface area contributed by atoms with E-state index in [-0.39, 0.29) is 30.9 Å². The molecule has 0 aliphatic carbocycles. The van der Waals surface area contributed by atoms with Crippen molar-refractivity contribution in [2.24, 2.45) is 0 Å². The summed E-state index contributed by atoms with van der Waals surface area (Å²) >= 11 is 3.52. The highest BCUT2D eigenvalue weighted by Crippen LogP contribution is 2.36. The largest absolute Gasteiger partial charge is 0.507 e. The highest BCUT2D eigenvalue weighted by molar-refractivity contribution is 9.10. The molecule has 1 heterocycles. The number of nitrogens with one attached hydrogen (secondary N) is 1. The van der Waals surface area contributed by atoms with Gasteiger partial charge in [0.1, 0.15) is 5.75 Å². The molecule has 21 heavy (non-hydrogen) atoms. The maximum absolute atomic E-state index is 10.4. The number of hydrogen-bond donors (Lipinski definition) is 2. The van der Waals surface area contributed by atoms with Gasteiger partial charge >= 0.3 is 0 Å². The minimum atomic E-state index is 0. The highest BCUT2D eigenvalue weighted by Gasteiger charge is 2.24. The van der Waals surface area contributed by atoms with Crippen LogP contribution in [0.15, 0.2) is 29.3 Å². The van der Waals surface area contributed by atoms with Crippen LogP contribution in [0, 0.1) is 6.92 Å². The zero-order chi connectivity index (χ0) is 13.8. The van der Waals surface area contributed by atoms with Crippen LogP contribution in [0.25, 0.3) is 0 Å². The van der Waals surface area contributed by atoms with E-state index in [1.54, 1.807) is 0 Å². The lowest BCUT2D eigenvalue weighted by Gasteiger charge is -2.35. The third-order valence-corrected chi connectivity index (χ3v) is 4.09. The van der Waals surface area contributed by atoms with Gasteiger partial charge in [0.05, 0.1) is 0 Å². The van der Waals surface area contributed by atoms with Crippen molar-refractivity contribution in [1.29, 1.82) is 0 Å². The van der Waals surface area contributed by atoms with Crippen LogP contribution in [-0.4, -0.2) is 36.2 Å². The van der Waals surface area contributed by atoms with E-state index in [4.69, 9.17) is 0 Å². The third kappa shape index (κ3) is 5.15. The maximum Gasteiger partial charge on any atom is 0.123 e. The van der Waals surface area contributed by atoms with Gasteiger partial charge in [-0.2, -0.15) is 0 Å². The van der Waals surface area contributed by atoms with Crippen molar-refractivity contribution in [2.75, 3.05) is 26.2 Å². The summed E-state index contributed by atoms with van der Waals surface area (Å²) < 4.78 is 1.02. The van der Waals surface area contributed by atoms with Crippen molar-refractivity contribution in [3.63, 3.8) is 0 Å². The summed E-state index contributed by atoms with van der Waals surface area (Å²) in [6.45, 7) is 9.81. The second-order valence-corrected chi connectivity index (χ2v) is 5.90. The van der Waals surface area contributed by atoms with Crippen LogP contribution in [-0.2, 0) is 0 Å². The topological polar surface area (TPSA) is 35.5 Å². The number of phenolic OH excluding ortho intramolecular Hbond substituents is 1. The first kappa shape index (κ1) is 20.7. The Morgan fingerprint density at radius 1 is 1.38 bits per heavy atom. The number of phenols is 1. The second-order valence-electron chi connectivity index (χ2n) is 4.99. The summed E-state index contributed by atoms with van der Waals surface area (Å²) in [5.41, 5.74) is 1.90. The maximum atomic E-state index is 10.4. The molecule has 0 amide bonds. The summed E-state index contributed by atoms with van der Waals surface area (Å²) in [6, 6.07) is 4.18. The van der Waals surface area contributed by atoms with Gasteiger partial charge in [0.25, 0.3) is 0 Å².